The fourth-order valence-electron chi connectivity index (χ4n) is 3.24. The summed E-state index contributed by atoms with van der Waals surface area (Å²) in [6.07, 6.45) is 5.38. The molecular weight excluding hydrogens is 475 g/mol. The maximum atomic E-state index is 11.1. The number of halogens is 1. The van der Waals surface area contributed by atoms with Gasteiger partial charge in [0.1, 0.15) is 0 Å². The minimum Gasteiger partial charge on any atom is -0.357 e. The Bertz CT molecular complexity index is 660. The summed E-state index contributed by atoms with van der Waals surface area (Å²) in [5.41, 5.74) is 1.42. The van der Waals surface area contributed by atoms with E-state index in [1.807, 2.05) is 0 Å². The number of piperidine rings is 1. The van der Waals surface area contributed by atoms with Crippen LogP contribution >= 0.6 is 24.0 Å². The molecule has 0 aromatic heterocycles. The smallest absolute Gasteiger partial charge is 0.208 e. The molecule has 0 spiro atoms. The van der Waals surface area contributed by atoms with Crippen LogP contribution in [0.15, 0.2) is 35.3 Å². The summed E-state index contributed by atoms with van der Waals surface area (Å²) >= 11 is 0. The lowest BCUT2D eigenvalue weighted by molar-refractivity contribution is 0.259. The maximum absolute atomic E-state index is 11.1. The summed E-state index contributed by atoms with van der Waals surface area (Å²) < 4.78 is 24.6. The standard InChI is InChI=1S/C19H32N4O2S.HI/c1-3-20-19(21-12-7-13-22-26(2,24)25)23-14-10-18(11-15-23)16-17-8-5-4-6-9-17;/h4-6,8-9,18,22H,3,7,10-16H2,1-2H3,(H,20,21);1H. The van der Waals surface area contributed by atoms with Gasteiger partial charge in [-0.25, -0.2) is 13.1 Å². The van der Waals surface area contributed by atoms with Gasteiger partial charge in [0.05, 0.1) is 6.26 Å². The van der Waals surface area contributed by atoms with Gasteiger partial charge in [-0.2, -0.15) is 0 Å². The van der Waals surface area contributed by atoms with Gasteiger partial charge in [0.2, 0.25) is 10.0 Å². The molecule has 8 heteroatoms. The van der Waals surface area contributed by atoms with Crippen LogP contribution in [0.25, 0.3) is 0 Å². The molecule has 0 saturated carbocycles. The lowest BCUT2D eigenvalue weighted by Crippen LogP contribution is -2.46. The predicted octanol–water partition coefficient (Wildman–Crippen LogP) is 2.46. The second kappa shape index (κ2) is 12.6. The molecule has 0 bridgehead atoms. The molecule has 0 radical (unpaired) electrons. The van der Waals surface area contributed by atoms with Gasteiger partial charge in [-0.3, -0.25) is 4.99 Å². The minimum absolute atomic E-state index is 0. The molecule has 1 heterocycles. The molecular formula is C19H33IN4O2S. The number of hydrogen-bond acceptors (Lipinski definition) is 3. The highest BCUT2D eigenvalue weighted by Crippen LogP contribution is 2.21. The van der Waals surface area contributed by atoms with Crippen LogP contribution in [0.1, 0.15) is 31.7 Å². The average Bonchev–Trinajstić information content (AvgIpc) is 2.61. The van der Waals surface area contributed by atoms with Crippen LogP contribution in [0.4, 0.5) is 0 Å². The topological polar surface area (TPSA) is 73.8 Å². The molecule has 154 valence electrons. The van der Waals surface area contributed by atoms with E-state index in [4.69, 9.17) is 0 Å². The Morgan fingerprint density at radius 1 is 1.22 bits per heavy atom. The van der Waals surface area contributed by atoms with E-state index in [9.17, 15) is 8.42 Å². The van der Waals surface area contributed by atoms with Crippen LogP contribution in [-0.2, 0) is 16.4 Å². The zero-order valence-corrected chi connectivity index (χ0v) is 19.5. The van der Waals surface area contributed by atoms with Crippen molar-refractivity contribution in [1.82, 2.24) is 14.9 Å². The predicted molar refractivity (Wildman–Crippen MR) is 123 cm³/mol. The van der Waals surface area contributed by atoms with Gasteiger partial charge in [-0.1, -0.05) is 30.3 Å². The van der Waals surface area contributed by atoms with E-state index in [2.05, 4.69) is 57.2 Å². The van der Waals surface area contributed by atoms with E-state index in [0.29, 0.717) is 19.5 Å². The van der Waals surface area contributed by atoms with Crippen LogP contribution in [0.5, 0.6) is 0 Å². The van der Waals surface area contributed by atoms with Gasteiger partial charge in [0.25, 0.3) is 0 Å². The zero-order chi connectivity index (χ0) is 18.8. The van der Waals surface area contributed by atoms with Crippen molar-refractivity contribution in [2.75, 3.05) is 39.0 Å². The molecule has 1 aliphatic heterocycles. The minimum atomic E-state index is -3.11. The monoisotopic (exact) mass is 508 g/mol. The molecule has 6 nitrogen and oxygen atoms in total. The third-order valence-electron chi connectivity index (χ3n) is 4.58. The van der Waals surface area contributed by atoms with Crippen molar-refractivity contribution >= 4 is 40.0 Å². The first kappa shape index (κ1) is 24.2. The van der Waals surface area contributed by atoms with Crippen molar-refractivity contribution in [2.45, 2.75) is 32.6 Å². The quantitative estimate of drug-likeness (QED) is 0.245. The average molecular weight is 508 g/mol. The summed E-state index contributed by atoms with van der Waals surface area (Å²) in [5.74, 6) is 1.68. The first-order chi connectivity index (χ1) is 12.5. The Labute approximate surface area is 181 Å². The highest BCUT2D eigenvalue weighted by molar-refractivity contribution is 14.0. The van der Waals surface area contributed by atoms with Gasteiger partial charge in [-0.05, 0) is 44.1 Å². The fourth-order valence-corrected chi connectivity index (χ4v) is 3.76. The lowest BCUT2D eigenvalue weighted by Gasteiger charge is -2.34. The largest absolute Gasteiger partial charge is 0.357 e. The molecule has 1 fully saturated rings. The molecule has 0 aliphatic carbocycles. The summed E-state index contributed by atoms with van der Waals surface area (Å²) in [6.45, 7) is 6.00. The summed E-state index contributed by atoms with van der Waals surface area (Å²) in [7, 11) is -3.11. The number of hydrogen-bond donors (Lipinski definition) is 2. The van der Waals surface area contributed by atoms with Crippen LogP contribution in [0, 0.1) is 5.92 Å². The number of sulfonamides is 1. The van der Waals surface area contributed by atoms with Gasteiger partial charge < -0.3 is 10.2 Å². The van der Waals surface area contributed by atoms with Crippen LogP contribution in [0.2, 0.25) is 0 Å². The van der Waals surface area contributed by atoms with E-state index in [1.54, 1.807) is 0 Å². The number of rotatable bonds is 8. The third-order valence-corrected chi connectivity index (χ3v) is 5.31. The van der Waals surface area contributed by atoms with Gasteiger partial charge in [0, 0.05) is 32.7 Å². The first-order valence-corrected chi connectivity index (χ1v) is 11.4. The first-order valence-electron chi connectivity index (χ1n) is 9.49. The van der Waals surface area contributed by atoms with E-state index in [-0.39, 0.29) is 24.0 Å². The van der Waals surface area contributed by atoms with E-state index in [1.165, 1.54) is 24.7 Å². The number of nitrogens with one attached hydrogen (secondary N) is 2. The molecule has 27 heavy (non-hydrogen) atoms. The second-order valence-electron chi connectivity index (χ2n) is 6.88. The number of likely N-dealkylation sites (tertiary alicyclic amines) is 1. The number of guanidine groups is 1. The van der Waals surface area contributed by atoms with E-state index < -0.39 is 10.0 Å². The Morgan fingerprint density at radius 3 is 2.48 bits per heavy atom. The SMILES string of the molecule is CCNC(=NCCCNS(C)(=O)=O)N1CCC(Cc2ccccc2)CC1.I. The molecule has 0 amide bonds. The molecule has 2 rings (SSSR count). The van der Waals surface area contributed by atoms with Crippen molar-refractivity contribution in [3.63, 3.8) is 0 Å². The Balaban J connectivity index is 0.00000364. The van der Waals surface area contributed by atoms with Crippen molar-refractivity contribution in [2.24, 2.45) is 10.9 Å². The van der Waals surface area contributed by atoms with Crippen LogP contribution in [-0.4, -0.2) is 58.3 Å². The van der Waals surface area contributed by atoms with Crippen molar-refractivity contribution in [3.05, 3.63) is 35.9 Å². The van der Waals surface area contributed by atoms with E-state index >= 15 is 0 Å². The molecule has 0 unspecified atom stereocenters. The van der Waals surface area contributed by atoms with Crippen LogP contribution < -0.4 is 10.0 Å². The molecule has 0 atom stereocenters. The number of benzene rings is 1. The molecule has 1 aromatic rings. The highest BCUT2D eigenvalue weighted by atomic mass is 127. The zero-order valence-electron chi connectivity index (χ0n) is 16.4. The second-order valence-corrected chi connectivity index (χ2v) is 8.71. The highest BCUT2D eigenvalue weighted by Gasteiger charge is 2.21. The molecule has 1 aromatic carbocycles. The number of aliphatic imine (C=N–C) groups is 1. The van der Waals surface area contributed by atoms with Gasteiger partial charge in [-0.15, -0.1) is 24.0 Å². The fraction of sp³-hybridized carbons (Fsp3) is 0.632. The van der Waals surface area contributed by atoms with Crippen molar-refractivity contribution in [1.29, 1.82) is 0 Å². The summed E-state index contributed by atoms with van der Waals surface area (Å²) in [5, 5.41) is 3.36. The van der Waals surface area contributed by atoms with Crippen molar-refractivity contribution in [3.8, 4) is 0 Å². The third kappa shape index (κ3) is 9.75. The van der Waals surface area contributed by atoms with Crippen LogP contribution in [0.3, 0.4) is 0 Å². The number of nitrogens with zero attached hydrogens (tertiary/aromatic N) is 2. The molecule has 1 saturated heterocycles. The Kier molecular flexibility index (Phi) is 11.2. The summed E-state index contributed by atoms with van der Waals surface area (Å²) in [6, 6.07) is 10.7. The molecule has 2 N–H and O–H groups in total. The molecule has 1 aliphatic rings. The Hall–Kier alpha value is -0.870. The van der Waals surface area contributed by atoms with Gasteiger partial charge >= 0.3 is 0 Å². The Morgan fingerprint density at radius 2 is 1.89 bits per heavy atom. The normalized spacial score (nSPS) is 16.1. The van der Waals surface area contributed by atoms with E-state index in [0.717, 1.165) is 37.9 Å². The van der Waals surface area contributed by atoms with Gasteiger partial charge in [0.15, 0.2) is 5.96 Å². The lowest BCUT2D eigenvalue weighted by atomic mass is 9.90. The summed E-state index contributed by atoms with van der Waals surface area (Å²) in [4.78, 5) is 6.99. The maximum Gasteiger partial charge on any atom is 0.208 e. The van der Waals surface area contributed by atoms with Crippen molar-refractivity contribution < 1.29 is 8.42 Å².